The first-order chi connectivity index (χ1) is 6.76. The van der Waals surface area contributed by atoms with Gasteiger partial charge >= 0.3 is 0 Å². The van der Waals surface area contributed by atoms with E-state index in [0.717, 1.165) is 22.8 Å². The van der Waals surface area contributed by atoms with Crippen LogP contribution >= 0.6 is 43.5 Å². The number of rotatable bonds is 5. The van der Waals surface area contributed by atoms with Gasteiger partial charge in [0.25, 0.3) is 0 Å². The summed E-state index contributed by atoms with van der Waals surface area (Å²) in [5.41, 5.74) is 0. The Morgan fingerprint density at radius 1 is 1.36 bits per heavy atom. The Kier molecular flexibility index (Phi) is 5.90. The Bertz CT molecular complexity index is 281. The molecule has 0 saturated heterocycles. The molecule has 0 spiro atoms. The van der Waals surface area contributed by atoms with Crippen molar-refractivity contribution in [3.05, 3.63) is 29.3 Å². The van der Waals surface area contributed by atoms with E-state index in [1.54, 1.807) is 0 Å². The zero-order valence-electron chi connectivity index (χ0n) is 7.55. The number of benzene rings is 1. The average molecular weight is 342 g/mol. The highest BCUT2D eigenvalue weighted by atomic mass is 79.9. The molecule has 0 aliphatic carbocycles. The normalized spacial score (nSPS) is 12.5. The first kappa shape index (κ1) is 12.3. The molecule has 0 heterocycles. The summed E-state index contributed by atoms with van der Waals surface area (Å²) in [6, 6.07) is 7.46. The van der Waals surface area contributed by atoms with E-state index in [0.29, 0.717) is 5.02 Å². The Morgan fingerprint density at radius 3 is 2.71 bits per heavy atom. The molecule has 78 valence electrons. The molecule has 0 aromatic heterocycles. The van der Waals surface area contributed by atoms with Crippen LogP contribution < -0.4 is 4.74 Å². The summed E-state index contributed by atoms with van der Waals surface area (Å²) in [5.74, 6) is 0.822. The fourth-order valence-corrected chi connectivity index (χ4v) is 2.17. The van der Waals surface area contributed by atoms with Crippen LogP contribution in [0.1, 0.15) is 6.42 Å². The first-order valence-electron chi connectivity index (χ1n) is 4.30. The van der Waals surface area contributed by atoms with E-state index in [2.05, 4.69) is 31.9 Å². The van der Waals surface area contributed by atoms with Gasteiger partial charge in [0.15, 0.2) is 0 Å². The summed E-state index contributed by atoms with van der Waals surface area (Å²) in [7, 11) is 0. The number of ether oxygens (including phenoxy) is 1. The molecule has 0 N–H and O–H groups in total. The van der Waals surface area contributed by atoms with Crippen LogP contribution in [-0.4, -0.2) is 16.8 Å². The molecular formula is C10H11Br2ClO. The van der Waals surface area contributed by atoms with Gasteiger partial charge in [-0.05, 0) is 24.6 Å². The van der Waals surface area contributed by atoms with E-state index in [-0.39, 0.29) is 6.10 Å². The van der Waals surface area contributed by atoms with Crippen LogP contribution in [0.25, 0.3) is 0 Å². The second-order valence-electron chi connectivity index (χ2n) is 2.83. The molecule has 1 rings (SSSR count). The van der Waals surface area contributed by atoms with Crippen molar-refractivity contribution < 1.29 is 4.74 Å². The zero-order valence-corrected chi connectivity index (χ0v) is 11.5. The van der Waals surface area contributed by atoms with Crippen LogP contribution in [-0.2, 0) is 0 Å². The Labute approximate surface area is 106 Å². The highest BCUT2D eigenvalue weighted by Crippen LogP contribution is 2.19. The average Bonchev–Trinajstić information content (AvgIpc) is 2.17. The van der Waals surface area contributed by atoms with Crippen LogP contribution in [0.4, 0.5) is 0 Å². The van der Waals surface area contributed by atoms with Crippen LogP contribution in [0.15, 0.2) is 24.3 Å². The molecule has 0 aliphatic heterocycles. The topological polar surface area (TPSA) is 9.23 Å². The van der Waals surface area contributed by atoms with Gasteiger partial charge in [-0.3, -0.25) is 0 Å². The lowest BCUT2D eigenvalue weighted by Gasteiger charge is -2.15. The number of hydrogen-bond donors (Lipinski definition) is 0. The van der Waals surface area contributed by atoms with Gasteiger partial charge in [0.2, 0.25) is 0 Å². The van der Waals surface area contributed by atoms with Gasteiger partial charge in [-0.15, -0.1) is 0 Å². The maximum atomic E-state index is 5.85. The van der Waals surface area contributed by atoms with E-state index >= 15 is 0 Å². The molecule has 1 nitrogen and oxygen atoms in total. The van der Waals surface area contributed by atoms with Crippen LogP contribution in [0.3, 0.4) is 0 Å². The van der Waals surface area contributed by atoms with E-state index in [9.17, 15) is 0 Å². The van der Waals surface area contributed by atoms with Gasteiger partial charge in [0.05, 0.1) is 0 Å². The largest absolute Gasteiger partial charge is 0.489 e. The highest BCUT2D eigenvalue weighted by Gasteiger charge is 2.07. The predicted molar refractivity (Wildman–Crippen MR) is 68.1 cm³/mol. The lowest BCUT2D eigenvalue weighted by molar-refractivity contribution is 0.225. The van der Waals surface area contributed by atoms with Crippen molar-refractivity contribution in [1.82, 2.24) is 0 Å². The molecule has 0 fully saturated rings. The van der Waals surface area contributed by atoms with Crippen molar-refractivity contribution in [3.8, 4) is 5.75 Å². The number of alkyl halides is 2. The minimum Gasteiger partial charge on any atom is -0.489 e. The SMILES string of the molecule is Clc1cccc(OC(CBr)CCBr)c1. The Balaban J connectivity index is 2.57. The maximum absolute atomic E-state index is 5.85. The quantitative estimate of drug-likeness (QED) is 0.726. The Morgan fingerprint density at radius 2 is 2.14 bits per heavy atom. The van der Waals surface area contributed by atoms with Gasteiger partial charge in [0, 0.05) is 15.7 Å². The lowest BCUT2D eigenvalue weighted by Crippen LogP contribution is -2.18. The highest BCUT2D eigenvalue weighted by molar-refractivity contribution is 9.09. The fraction of sp³-hybridized carbons (Fsp3) is 0.400. The minimum atomic E-state index is 0.188. The molecule has 0 amide bonds. The van der Waals surface area contributed by atoms with Gasteiger partial charge in [0.1, 0.15) is 11.9 Å². The van der Waals surface area contributed by atoms with Gasteiger partial charge in [-0.1, -0.05) is 49.5 Å². The second-order valence-corrected chi connectivity index (χ2v) is 4.71. The monoisotopic (exact) mass is 340 g/mol. The molecule has 14 heavy (non-hydrogen) atoms. The standard InChI is InChI=1S/C10H11Br2ClO/c11-5-4-10(7-12)14-9-3-1-2-8(13)6-9/h1-3,6,10H,4-5,7H2. The molecule has 1 unspecified atom stereocenters. The number of halogens is 3. The van der Waals surface area contributed by atoms with E-state index in [1.807, 2.05) is 24.3 Å². The van der Waals surface area contributed by atoms with Gasteiger partial charge < -0.3 is 4.74 Å². The summed E-state index contributed by atoms with van der Waals surface area (Å²) in [6.07, 6.45) is 1.16. The third kappa shape index (κ3) is 4.20. The minimum absolute atomic E-state index is 0.188. The summed E-state index contributed by atoms with van der Waals surface area (Å²) < 4.78 is 5.72. The number of hydrogen-bond acceptors (Lipinski definition) is 1. The van der Waals surface area contributed by atoms with E-state index < -0.39 is 0 Å². The molecule has 1 aromatic rings. The Hall–Kier alpha value is 0.270. The smallest absolute Gasteiger partial charge is 0.121 e. The van der Waals surface area contributed by atoms with E-state index in [1.165, 1.54) is 0 Å². The summed E-state index contributed by atoms with van der Waals surface area (Å²) in [5, 5.41) is 2.46. The lowest BCUT2D eigenvalue weighted by atomic mass is 10.3. The third-order valence-corrected chi connectivity index (χ3v) is 3.12. The van der Waals surface area contributed by atoms with Crippen molar-refractivity contribution in [2.45, 2.75) is 12.5 Å². The molecule has 0 saturated carbocycles. The molecular weight excluding hydrogens is 331 g/mol. The van der Waals surface area contributed by atoms with Crippen molar-refractivity contribution in [3.63, 3.8) is 0 Å². The molecule has 0 bridgehead atoms. The van der Waals surface area contributed by atoms with Crippen molar-refractivity contribution in [2.24, 2.45) is 0 Å². The van der Waals surface area contributed by atoms with Crippen LogP contribution in [0, 0.1) is 0 Å². The first-order valence-corrected chi connectivity index (χ1v) is 6.92. The van der Waals surface area contributed by atoms with Crippen LogP contribution in [0.5, 0.6) is 5.75 Å². The molecule has 1 atom stereocenters. The zero-order chi connectivity index (χ0) is 10.4. The fourth-order valence-electron chi connectivity index (χ4n) is 1.02. The summed E-state index contributed by atoms with van der Waals surface area (Å²) >= 11 is 12.7. The molecule has 0 aliphatic rings. The molecule has 4 heteroatoms. The molecule has 0 radical (unpaired) electrons. The van der Waals surface area contributed by atoms with Crippen LogP contribution in [0.2, 0.25) is 5.02 Å². The van der Waals surface area contributed by atoms with Gasteiger partial charge in [-0.2, -0.15) is 0 Å². The van der Waals surface area contributed by atoms with Crippen molar-refractivity contribution in [2.75, 3.05) is 10.7 Å². The summed E-state index contributed by atoms with van der Waals surface area (Å²) in [6.45, 7) is 0. The van der Waals surface area contributed by atoms with E-state index in [4.69, 9.17) is 16.3 Å². The second kappa shape index (κ2) is 6.70. The third-order valence-electron chi connectivity index (χ3n) is 1.70. The van der Waals surface area contributed by atoms with Crippen molar-refractivity contribution in [1.29, 1.82) is 0 Å². The summed E-state index contributed by atoms with van der Waals surface area (Å²) in [4.78, 5) is 0. The van der Waals surface area contributed by atoms with Gasteiger partial charge in [-0.25, -0.2) is 0 Å². The predicted octanol–water partition coefficient (Wildman–Crippen LogP) is 4.27. The van der Waals surface area contributed by atoms with Crippen molar-refractivity contribution >= 4 is 43.5 Å². The molecule has 1 aromatic carbocycles. The maximum Gasteiger partial charge on any atom is 0.121 e.